The first-order chi connectivity index (χ1) is 12.6. The van der Waals surface area contributed by atoms with Gasteiger partial charge in [0.25, 0.3) is 11.8 Å². The van der Waals surface area contributed by atoms with E-state index in [-0.39, 0.29) is 17.3 Å². The fraction of sp³-hybridized carbons (Fsp3) is 0.143. The van der Waals surface area contributed by atoms with Crippen LogP contribution in [0.15, 0.2) is 33.5 Å². The number of para-hydroxylation sites is 2. The minimum atomic E-state index is -0.410. The molecule has 3 rings (SSSR count). The molecule has 0 saturated heterocycles. The molecule has 0 saturated carbocycles. The summed E-state index contributed by atoms with van der Waals surface area (Å²) in [5, 5.41) is 17.3. The fourth-order valence-corrected chi connectivity index (χ4v) is 3.82. The average Bonchev–Trinajstić information content (AvgIpc) is 3.28. The van der Waals surface area contributed by atoms with Crippen LogP contribution in [0.4, 0.5) is 5.69 Å². The van der Waals surface area contributed by atoms with Crippen LogP contribution in [-0.2, 0) is 0 Å². The standard InChI is InChI=1S/C14H14N8O2S2/c1-16-11(23)9-13(25-14-10(12(24)17-2)19-21-26-14)22(20-18-9)8-6-4-3-5-7(8)15/h3-6H,15H2,1-2H3,(H,16,23)(H,17,24). The van der Waals surface area contributed by atoms with Crippen molar-refractivity contribution < 1.29 is 9.59 Å². The lowest BCUT2D eigenvalue weighted by atomic mass is 10.3. The van der Waals surface area contributed by atoms with Crippen molar-refractivity contribution >= 4 is 40.8 Å². The quantitative estimate of drug-likeness (QED) is 0.537. The minimum absolute atomic E-state index is 0.108. The number of amides is 2. The maximum Gasteiger partial charge on any atom is 0.274 e. The van der Waals surface area contributed by atoms with E-state index in [0.717, 1.165) is 23.3 Å². The van der Waals surface area contributed by atoms with Crippen LogP contribution in [0.25, 0.3) is 5.69 Å². The molecule has 0 spiro atoms. The van der Waals surface area contributed by atoms with Gasteiger partial charge in [0.2, 0.25) is 0 Å². The molecule has 2 amide bonds. The molecule has 12 heteroatoms. The first-order valence-electron chi connectivity index (χ1n) is 7.31. The lowest BCUT2D eigenvalue weighted by Crippen LogP contribution is -2.20. The van der Waals surface area contributed by atoms with Gasteiger partial charge in [-0.3, -0.25) is 9.59 Å². The van der Waals surface area contributed by atoms with Crippen LogP contribution < -0.4 is 16.4 Å². The van der Waals surface area contributed by atoms with Gasteiger partial charge in [-0.2, -0.15) is 0 Å². The van der Waals surface area contributed by atoms with E-state index in [2.05, 4.69) is 30.5 Å². The highest BCUT2D eigenvalue weighted by molar-refractivity contribution is 8.01. The molecule has 0 aliphatic carbocycles. The number of benzene rings is 1. The fourth-order valence-electron chi connectivity index (χ4n) is 2.06. The monoisotopic (exact) mass is 390 g/mol. The Morgan fingerprint density at radius 2 is 1.81 bits per heavy atom. The van der Waals surface area contributed by atoms with E-state index < -0.39 is 5.91 Å². The molecule has 134 valence electrons. The number of carbonyl (C=O) groups is 2. The van der Waals surface area contributed by atoms with Crippen LogP contribution in [0.2, 0.25) is 0 Å². The number of hydrogen-bond donors (Lipinski definition) is 3. The molecule has 0 unspecified atom stereocenters. The van der Waals surface area contributed by atoms with E-state index in [1.54, 1.807) is 24.3 Å². The summed E-state index contributed by atoms with van der Waals surface area (Å²) < 4.78 is 5.78. The Morgan fingerprint density at radius 1 is 1.12 bits per heavy atom. The summed E-state index contributed by atoms with van der Waals surface area (Å²) in [6, 6.07) is 7.06. The van der Waals surface area contributed by atoms with Gasteiger partial charge in [-0.05, 0) is 23.7 Å². The van der Waals surface area contributed by atoms with E-state index in [0.29, 0.717) is 20.6 Å². The van der Waals surface area contributed by atoms with Crippen LogP contribution >= 0.6 is 23.3 Å². The molecule has 0 atom stereocenters. The highest BCUT2D eigenvalue weighted by Crippen LogP contribution is 2.35. The molecule has 1 aromatic carbocycles. The highest BCUT2D eigenvalue weighted by atomic mass is 32.2. The number of nitrogens with one attached hydrogen (secondary N) is 2. The van der Waals surface area contributed by atoms with E-state index in [9.17, 15) is 9.59 Å². The Hall–Kier alpha value is -2.99. The first-order valence-corrected chi connectivity index (χ1v) is 8.90. The summed E-state index contributed by atoms with van der Waals surface area (Å²) in [5.41, 5.74) is 7.34. The van der Waals surface area contributed by atoms with Gasteiger partial charge in [0, 0.05) is 14.1 Å². The second-order valence-electron chi connectivity index (χ2n) is 4.88. The van der Waals surface area contributed by atoms with Crippen molar-refractivity contribution in [2.75, 3.05) is 19.8 Å². The Morgan fingerprint density at radius 3 is 2.50 bits per heavy atom. The van der Waals surface area contributed by atoms with Gasteiger partial charge in [0.1, 0.15) is 9.24 Å². The normalized spacial score (nSPS) is 10.5. The Bertz CT molecular complexity index is 968. The third-order valence-electron chi connectivity index (χ3n) is 3.33. The summed E-state index contributed by atoms with van der Waals surface area (Å²) in [6.45, 7) is 0. The number of nitrogen functional groups attached to an aromatic ring is 1. The smallest absolute Gasteiger partial charge is 0.274 e. The maximum absolute atomic E-state index is 12.2. The topological polar surface area (TPSA) is 141 Å². The molecule has 0 bridgehead atoms. The number of nitrogens with zero attached hydrogens (tertiary/aromatic N) is 5. The van der Waals surface area contributed by atoms with Crippen molar-refractivity contribution in [1.29, 1.82) is 0 Å². The zero-order valence-electron chi connectivity index (χ0n) is 13.8. The summed E-state index contributed by atoms with van der Waals surface area (Å²) in [7, 11) is 3.00. The predicted molar refractivity (Wildman–Crippen MR) is 96.6 cm³/mol. The van der Waals surface area contributed by atoms with E-state index in [4.69, 9.17) is 5.73 Å². The zero-order chi connectivity index (χ0) is 18.7. The molecule has 3 aromatic rings. The summed E-state index contributed by atoms with van der Waals surface area (Å²) in [4.78, 5) is 24.1. The van der Waals surface area contributed by atoms with Crippen LogP contribution in [0.1, 0.15) is 21.0 Å². The number of anilines is 1. The number of nitrogens with two attached hydrogens (primary N) is 1. The largest absolute Gasteiger partial charge is 0.397 e. The molecule has 10 nitrogen and oxygen atoms in total. The van der Waals surface area contributed by atoms with E-state index >= 15 is 0 Å². The summed E-state index contributed by atoms with van der Waals surface area (Å²) in [5.74, 6) is -0.784. The Kier molecular flexibility index (Phi) is 5.14. The second-order valence-corrected chi connectivity index (χ2v) is 6.89. The van der Waals surface area contributed by atoms with Gasteiger partial charge in [-0.15, -0.1) is 10.2 Å². The minimum Gasteiger partial charge on any atom is -0.397 e. The Balaban J connectivity index is 2.12. The molecule has 0 aliphatic heterocycles. The number of rotatable bonds is 5. The molecule has 2 heterocycles. The molecular weight excluding hydrogens is 376 g/mol. The zero-order valence-corrected chi connectivity index (χ0v) is 15.4. The van der Waals surface area contributed by atoms with Crippen LogP contribution in [0.3, 0.4) is 0 Å². The van der Waals surface area contributed by atoms with Crippen molar-refractivity contribution in [2.24, 2.45) is 0 Å². The van der Waals surface area contributed by atoms with Gasteiger partial charge in [-0.1, -0.05) is 33.6 Å². The molecule has 4 N–H and O–H groups in total. The van der Waals surface area contributed by atoms with E-state index in [1.165, 1.54) is 18.8 Å². The molecule has 2 aromatic heterocycles. The van der Waals surface area contributed by atoms with Gasteiger partial charge in [-0.25, -0.2) is 4.68 Å². The predicted octanol–water partition coefficient (Wildman–Crippen LogP) is 0.571. The first kappa shape index (κ1) is 17.8. The third kappa shape index (κ3) is 3.23. The van der Waals surface area contributed by atoms with Crippen molar-refractivity contribution in [3.63, 3.8) is 0 Å². The van der Waals surface area contributed by atoms with Crippen molar-refractivity contribution in [1.82, 2.24) is 35.2 Å². The van der Waals surface area contributed by atoms with Crippen LogP contribution in [0.5, 0.6) is 0 Å². The highest BCUT2D eigenvalue weighted by Gasteiger charge is 2.25. The summed E-state index contributed by atoms with van der Waals surface area (Å²) in [6.07, 6.45) is 0. The molecule has 26 heavy (non-hydrogen) atoms. The van der Waals surface area contributed by atoms with Crippen LogP contribution in [0, 0.1) is 0 Å². The SMILES string of the molecule is CNC(=O)c1nnsc1Sc1c(C(=O)NC)nnn1-c1ccccc1N. The molecule has 0 radical (unpaired) electrons. The van der Waals surface area contributed by atoms with Gasteiger partial charge >= 0.3 is 0 Å². The van der Waals surface area contributed by atoms with Crippen molar-refractivity contribution in [3.05, 3.63) is 35.7 Å². The van der Waals surface area contributed by atoms with Crippen molar-refractivity contribution in [2.45, 2.75) is 9.24 Å². The van der Waals surface area contributed by atoms with Gasteiger partial charge in [0.15, 0.2) is 11.4 Å². The van der Waals surface area contributed by atoms with Crippen LogP contribution in [-0.4, -0.2) is 50.5 Å². The molecule has 0 fully saturated rings. The Labute approximate surface area is 156 Å². The molecular formula is C14H14N8O2S2. The van der Waals surface area contributed by atoms with Crippen molar-refractivity contribution in [3.8, 4) is 5.69 Å². The van der Waals surface area contributed by atoms with Gasteiger partial charge < -0.3 is 16.4 Å². The number of hydrogen-bond acceptors (Lipinski definition) is 9. The summed E-state index contributed by atoms with van der Waals surface area (Å²) >= 11 is 2.16. The maximum atomic E-state index is 12.2. The number of aromatic nitrogens is 5. The lowest BCUT2D eigenvalue weighted by Gasteiger charge is -2.09. The second kappa shape index (κ2) is 7.49. The average molecular weight is 390 g/mol. The van der Waals surface area contributed by atoms with Gasteiger partial charge in [0.05, 0.1) is 11.4 Å². The lowest BCUT2D eigenvalue weighted by molar-refractivity contribution is 0.0948. The molecule has 0 aliphatic rings. The van der Waals surface area contributed by atoms with E-state index in [1.807, 2.05) is 0 Å². The third-order valence-corrected chi connectivity index (χ3v) is 5.26. The number of carbonyl (C=O) groups excluding carboxylic acids is 2.